The van der Waals surface area contributed by atoms with Crippen LogP contribution in [0.4, 0.5) is 0 Å². The molecule has 0 N–H and O–H groups in total. The molecule has 15 heavy (non-hydrogen) atoms. The van der Waals surface area contributed by atoms with Crippen molar-refractivity contribution < 1.29 is 4.79 Å². The molecule has 1 fully saturated rings. The van der Waals surface area contributed by atoms with Crippen LogP contribution in [0.1, 0.15) is 41.0 Å². The van der Waals surface area contributed by atoms with Gasteiger partial charge in [-0.2, -0.15) is 0 Å². The van der Waals surface area contributed by atoms with Gasteiger partial charge in [-0.15, -0.1) is 0 Å². The Kier molecular flexibility index (Phi) is 3.54. The second-order valence-electron chi connectivity index (χ2n) is 5.88. The molecule has 1 saturated heterocycles. The van der Waals surface area contributed by atoms with Gasteiger partial charge in [0.15, 0.2) is 0 Å². The average molecular weight is 276 g/mol. The van der Waals surface area contributed by atoms with Crippen molar-refractivity contribution in [2.45, 2.75) is 45.9 Å². The monoisotopic (exact) mass is 275 g/mol. The lowest BCUT2D eigenvalue weighted by Crippen LogP contribution is -2.40. The first-order chi connectivity index (χ1) is 6.70. The van der Waals surface area contributed by atoms with E-state index in [1.165, 1.54) is 0 Å². The minimum absolute atomic E-state index is 0.194. The predicted molar refractivity (Wildman–Crippen MR) is 67.1 cm³/mol. The maximum atomic E-state index is 12.2. The van der Waals surface area contributed by atoms with Crippen LogP contribution in [0.15, 0.2) is 0 Å². The minimum atomic E-state index is -0.215. The van der Waals surface area contributed by atoms with E-state index in [4.69, 9.17) is 0 Å². The zero-order chi connectivity index (χ0) is 11.9. The summed E-state index contributed by atoms with van der Waals surface area (Å²) in [5.74, 6) is 0.292. The van der Waals surface area contributed by atoms with Crippen LogP contribution in [0.25, 0.3) is 0 Å². The van der Waals surface area contributed by atoms with Gasteiger partial charge in [0.05, 0.1) is 0 Å². The molecule has 1 aliphatic heterocycles. The van der Waals surface area contributed by atoms with Crippen LogP contribution >= 0.6 is 15.9 Å². The fourth-order valence-corrected chi connectivity index (χ4v) is 2.32. The molecule has 0 bridgehead atoms. The molecule has 0 aromatic heterocycles. The van der Waals surface area contributed by atoms with Gasteiger partial charge in [0.25, 0.3) is 0 Å². The summed E-state index contributed by atoms with van der Waals surface area (Å²) >= 11 is 3.66. The lowest BCUT2D eigenvalue weighted by atomic mass is 9.88. The van der Waals surface area contributed by atoms with Crippen LogP contribution in [-0.4, -0.2) is 28.7 Å². The van der Waals surface area contributed by atoms with E-state index < -0.39 is 0 Å². The van der Waals surface area contributed by atoms with E-state index in [-0.39, 0.29) is 10.8 Å². The number of carbonyl (C=O) groups excluding carboxylic acids is 1. The molecular formula is C12H22BrNO. The Morgan fingerprint density at radius 2 is 2.07 bits per heavy atom. The van der Waals surface area contributed by atoms with E-state index in [1.54, 1.807) is 0 Å². The molecule has 1 aliphatic rings. The largest absolute Gasteiger partial charge is 0.341 e. The molecule has 1 amide bonds. The van der Waals surface area contributed by atoms with Crippen molar-refractivity contribution in [3.8, 4) is 0 Å². The predicted octanol–water partition coefficient (Wildman–Crippen LogP) is 3.05. The molecule has 0 saturated carbocycles. The third-order valence-electron chi connectivity index (χ3n) is 3.58. The third-order valence-corrected chi connectivity index (χ3v) is 5.11. The number of hydrogen-bond donors (Lipinski definition) is 0. The fraction of sp³-hybridized carbons (Fsp3) is 0.917. The maximum Gasteiger partial charge on any atom is 0.228 e. The van der Waals surface area contributed by atoms with Crippen molar-refractivity contribution in [1.82, 2.24) is 4.90 Å². The number of carbonyl (C=O) groups is 1. The first kappa shape index (κ1) is 13.0. The summed E-state index contributed by atoms with van der Waals surface area (Å²) < 4.78 is 0. The second-order valence-corrected chi connectivity index (χ2v) is 6.98. The topological polar surface area (TPSA) is 20.3 Å². The summed E-state index contributed by atoms with van der Waals surface area (Å²) in [6.07, 6.45) is 0.899. The summed E-state index contributed by atoms with van der Waals surface area (Å²) in [5, 5.41) is 0. The van der Waals surface area contributed by atoms with Gasteiger partial charge in [-0.25, -0.2) is 0 Å². The molecule has 3 heteroatoms. The van der Waals surface area contributed by atoms with Crippen molar-refractivity contribution >= 4 is 21.8 Å². The highest BCUT2D eigenvalue weighted by Crippen LogP contribution is 2.37. The summed E-state index contributed by atoms with van der Waals surface area (Å²) in [6.45, 7) is 12.3. The summed E-state index contributed by atoms with van der Waals surface area (Å²) in [4.78, 5) is 14.7. The SMILES string of the molecule is CCC(C)(C)C(=O)N1CC(Br)C(C)(C)C1. The Bertz CT molecular complexity index is 260. The van der Waals surface area contributed by atoms with Crippen LogP contribution < -0.4 is 0 Å². The van der Waals surface area contributed by atoms with E-state index in [0.29, 0.717) is 10.7 Å². The highest BCUT2D eigenvalue weighted by Gasteiger charge is 2.42. The van der Waals surface area contributed by atoms with Gasteiger partial charge in [0, 0.05) is 23.3 Å². The standard InChI is InChI=1S/C12H22BrNO/c1-6-11(2,3)10(15)14-7-9(13)12(4,5)8-14/h9H,6-8H2,1-5H3. The van der Waals surface area contributed by atoms with Crippen LogP contribution in [0, 0.1) is 10.8 Å². The molecule has 1 rings (SSSR count). The first-order valence-electron chi connectivity index (χ1n) is 5.64. The van der Waals surface area contributed by atoms with Crippen molar-refractivity contribution in [3.63, 3.8) is 0 Å². The number of likely N-dealkylation sites (tertiary alicyclic amines) is 1. The number of halogens is 1. The third kappa shape index (κ3) is 2.55. The van der Waals surface area contributed by atoms with Crippen LogP contribution in [0.3, 0.4) is 0 Å². The van der Waals surface area contributed by atoms with Crippen LogP contribution in [0.2, 0.25) is 0 Å². The zero-order valence-electron chi connectivity index (χ0n) is 10.4. The van der Waals surface area contributed by atoms with E-state index in [0.717, 1.165) is 19.5 Å². The van der Waals surface area contributed by atoms with Gasteiger partial charge in [-0.05, 0) is 11.8 Å². The summed E-state index contributed by atoms with van der Waals surface area (Å²) in [5.41, 5.74) is -0.0212. The van der Waals surface area contributed by atoms with Crippen LogP contribution in [0.5, 0.6) is 0 Å². The lowest BCUT2D eigenvalue weighted by Gasteiger charge is -2.29. The highest BCUT2D eigenvalue weighted by atomic mass is 79.9. The molecule has 0 aromatic rings. The number of amides is 1. The number of nitrogens with zero attached hydrogens (tertiary/aromatic N) is 1. The smallest absolute Gasteiger partial charge is 0.228 e. The summed E-state index contributed by atoms with van der Waals surface area (Å²) in [7, 11) is 0. The highest BCUT2D eigenvalue weighted by molar-refractivity contribution is 9.09. The molecule has 88 valence electrons. The van der Waals surface area contributed by atoms with Gasteiger partial charge >= 0.3 is 0 Å². The molecule has 0 radical (unpaired) electrons. The number of alkyl halides is 1. The zero-order valence-corrected chi connectivity index (χ0v) is 12.0. The second kappa shape index (κ2) is 4.08. The molecule has 0 aromatic carbocycles. The Labute approximate surface area is 102 Å². The Balaban J connectivity index is 2.74. The minimum Gasteiger partial charge on any atom is -0.341 e. The van der Waals surface area contributed by atoms with Crippen molar-refractivity contribution in [2.24, 2.45) is 10.8 Å². The Morgan fingerprint density at radius 3 is 2.40 bits per heavy atom. The van der Waals surface area contributed by atoms with E-state index in [1.807, 2.05) is 18.7 Å². The van der Waals surface area contributed by atoms with Gasteiger partial charge < -0.3 is 4.90 Å². The lowest BCUT2D eigenvalue weighted by molar-refractivity contribution is -0.139. The van der Waals surface area contributed by atoms with E-state index in [2.05, 4.69) is 36.7 Å². The Hall–Kier alpha value is -0.0500. The normalized spacial score (nSPS) is 25.7. The van der Waals surface area contributed by atoms with Crippen LogP contribution in [-0.2, 0) is 4.79 Å². The van der Waals surface area contributed by atoms with Crippen molar-refractivity contribution in [3.05, 3.63) is 0 Å². The van der Waals surface area contributed by atoms with Crippen molar-refractivity contribution in [2.75, 3.05) is 13.1 Å². The number of hydrogen-bond acceptors (Lipinski definition) is 1. The maximum absolute atomic E-state index is 12.2. The van der Waals surface area contributed by atoms with Gasteiger partial charge in [-0.1, -0.05) is 50.5 Å². The fourth-order valence-electron chi connectivity index (χ4n) is 1.83. The molecule has 1 atom stereocenters. The van der Waals surface area contributed by atoms with E-state index >= 15 is 0 Å². The van der Waals surface area contributed by atoms with Gasteiger partial charge in [0.2, 0.25) is 5.91 Å². The van der Waals surface area contributed by atoms with Gasteiger partial charge in [-0.3, -0.25) is 4.79 Å². The Morgan fingerprint density at radius 1 is 1.53 bits per heavy atom. The molecule has 2 nitrogen and oxygen atoms in total. The molecule has 1 heterocycles. The quantitative estimate of drug-likeness (QED) is 0.710. The molecule has 0 spiro atoms. The van der Waals surface area contributed by atoms with Gasteiger partial charge in [0.1, 0.15) is 0 Å². The average Bonchev–Trinajstić information content (AvgIpc) is 2.40. The molecular weight excluding hydrogens is 254 g/mol. The summed E-state index contributed by atoms with van der Waals surface area (Å²) in [6, 6.07) is 0. The number of rotatable bonds is 2. The van der Waals surface area contributed by atoms with E-state index in [9.17, 15) is 4.79 Å². The van der Waals surface area contributed by atoms with Crippen molar-refractivity contribution in [1.29, 1.82) is 0 Å². The molecule has 1 unspecified atom stereocenters. The first-order valence-corrected chi connectivity index (χ1v) is 6.56. The molecule has 0 aliphatic carbocycles.